The minimum absolute atomic E-state index is 0.0726. The van der Waals surface area contributed by atoms with Gasteiger partial charge in [0.2, 0.25) is 0 Å². The molecule has 0 spiro atoms. The summed E-state index contributed by atoms with van der Waals surface area (Å²) >= 11 is 0. The topological polar surface area (TPSA) is 74.2 Å². The van der Waals surface area contributed by atoms with Crippen molar-refractivity contribution in [3.63, 3.8) is 0 Å². The predicted octanol–water partition coefficient (Wildman–Crippen LogP) is 4.78. The van der Waals surface area contributed by atoms with Gasteiger partial charge in [0.1, 0.15) is 0 Å². The summed E-state index contributed by atoms with van der Waals surface area (Å²) < 4.78 is 22.5. The zero-order chi connectivity index (χ0) is 21.8. The van der Waals surface area contributed by atoms with Crippen LogP contribution in [0.3, 0.4) is 0 Å². The van der Waals surface area contributed by atoms with Crippen molar-refractivity contribution in [2.24, 2.45) is 11.8 Å². The third-order valence-electron chi connectivity index (χ3n) is 6.90. The molecule has 2 fully saturated rings. The standard InChI is InChI=1S/C23H43O6P/c1-3-4-9-13-23(27-15-16-28-23)14-12-19-18(20(24)17-21(19)29-30)10-7-5-6-8-11-22(25)26-2/h18-21,24H,3-17,30H2,1-2H3/t18?,19-,20?,21?/m1/s1. The molecule has 0 aromatic rings. The summed E-state index contributed by atoms with van der Waals surface area (Å²) in [5.74, 6) is 0.00616. The van der Waals surface area contributed by atoms with Crippen LogP contribution in [0.4, 0.5) is 0 Å². The molecule has 0 aromatic carbocycles. The van der Waals surface area contributed by atoms with Crippen molar-refractivity contribution in [3.8, 4) is 0 Å². The molecule has 1 heterocycles. The van der Waals surface area contributed by atoms with Crippen LogP contribution < -0.4 is 0 Å². The molecule has 2 rings (SSSR count). The molecule has 1 saturated carbocycles. The van der Waals surface area contributed by atoms with Crippen molar-refractivity contribution in [1.29, 1.82) is 0 Å². The first kappa shape index (κ1) is 26.0. The van der Waals surface area contributed by atoms with Crippen molar-refractivity contribution >= 4 is 15.4 Å². The van der Waals surface area contributed by atoms with Gasteiger partial charge in [-0.05, 0) is 37.5 Å². The van der Waals surface area contributed by atoms with Gasteiger partial charge in [-0.3, -0.25) is 4.79 Å². The highest BCUT2D eigenvalue weighted by Crippen LogP contribution is 2.43. The predicted molar refractivity (Wildman–Crippen MR) is 120 cm³/mol. The van der Waals surface area contributed by atoms with Gasteiger partial charge in [0.25, 0.3) is 0 Å². The van der Waals surface area contributed by atoms with E-state index in [1.807, 2.05) is 0 Å². The number of unbranched alkanes of at least 4 members (excludes halogenated alkanes) is 5. The average Bonchev–Trinajstić information content (AvgIpc) is 3.33. The van der Waals surface area contributed by atoms with Gasteiger partial charge in [-0.25, -0.2) is 0 Å². The third-order valence-corrected chi connectivity index (χ3v) is 7.25. The fourth-order valence-corrected chi connectivity index (χ4v) is 5.47. The summed E-state index contributed by atoms with van der Waals surface area (Å²) in [5.41, 5.74) is 0. The van der Waals surface area contributed by atoms with Gasteiger partial charge in [0.15, 0.2) is 5.79 Å². The molecule has 0 aromatic heterocycles. The number of rotatable bonds is 15. The maximum atomic E-state index is 11.2. The van der Waals surface area contributed by atoms with Gasteiger partial charge in [0, 0.05) is 35.2 Å². The maximum absolute atomic E-state index is 11.2. The number of carbonyl (C=O) groups excluding carboxylic acids is 1. The lowest BCUT2D eigenvalue weighted by Crippen LogP contribution is -2.33. The maximum Gasteiger partial charge on any atom is 0.305 e. The number of methoxy groups -OCH3 is 1. The summed E-state index contributed by atoms with van der Waals surface area (Å²) in [6.45, 7) is 3.57. The number of esters is 1. The van der Waals surface area contributed by atoms with Crippen LogP contribution in [-0.4, -0.2) is 49.4 Å². The molecule has 0 amide bonds. The first-order valence-electron chi connectivity index (χ1n) is 11.9. The fourth-order valence-electron chi connectivity index (χ4n) is 5.16. The van der Waals surface area contributed by atoms with E-state index in [1.54, 1.807) is 0 Å². The van der Waals surface area contributed by atoms with E-state index in [9.17, 15) is 9.90 Å². The lowest BCUT2D eigenvalue weighted by Gasteiger charge is -2.31. The highest BCUT2D eigenvalue weighted by Gasteiger charge is 2.44. The molecule has 1 aliphatic heterocycles. The second-order valence-corrected chi connectivity index (χ2v) is 9.21. The lowest BCUT2D eigenvalue weighted by atomic mass is 9.84. The summed E-state index contributed by atoms with van der Waals surface area (Å²) in [4.78, 5) is 11.2. The molecule has 7 heteroatoms. The van der Waals surface area contributed by atoms with Gasteiger partial charge >= 0.3 is 5.97 Å². The Hall–Kier alpha value is -0.260. The normalized spacial score (nSPS) is 28.1. The van der Waals surface area contributed by atoms with Crippen LogP contribution in [0.5, 0.6) is 0 Å². The van der Waals surface area contributed by atoms with Crippen LogP contribution in [0, 0.1) is 11.8 Å². The third kappa shape index (κ3) is 8.02. The van der Waals surface area contributed by atoms with Crippen LogP contribution in [0.2, 0.25) is 0 Å². The molecular weight excluding hydrogens is 403 g/mol. The van der Waals surface area contributed by atoms with E-state index < -0.39 is 5.79 Å². The number of carbonyl (C=O) groups is 1. The van der Waals surface area contributed by atoms with E-state index >= 15 is 0 Å². The molecule has 1 N–H and O–H groups in total. The Morgan fingerprint density at radius 1 is 1.03 bits per heavy atom. The Bertz CT molecular complexity index is 482. The summed E-state index contributed by atoms with van der Waals surface area (Å²) in [7, 11) is 3.83. The highest BCUT2D eigenvalue weighted by atomic mass is 31.0. The van der Waals surface area contributed by atoms with Crippen molar-refractivity contribution in [1.82, 2.24) is 0 Å². The Morgan fingerprint density at radius 2 is 1.77 bits per heavy atom. The largest absolute Gasteiger partial charge is 0.469 e. The second kappa shape index (κ2) is 14.0. The number of hydrogen-bond donors (Lipinski definition) is 1. The summed E-state index contributed by atoms with van der Waals surface area (Å²) in [6.07, 6.45) is 12.3. The van der Waals surface area contributed by atoms with Crippen LogP contribution >= 0.6 is 9.47 Å². The number of ether oxygens (including phenoxy) is 3. The highest BCUT2D eigenvalue weighted by molar-refractivity contribution is 7.09. The molecule has 30 heavy (non-hydrogen) atoms. The Kier molecular flexibility index (Phi) is 12.1. The van der Waals surface area contributed by atoms with E-state index in [1.165, 1.54) is 20.0 Å². The van der Waals surface area contributed by atoms with Crippen molar-refractivity contribution in [2.75, 3.05) is 20.3 Å². The summed E-state index contributed by atoms with van der Waals surface area (Å²) in [6, 6.07) is 0. The number of aliphatic hydroxyl groups is 1. The van der Waals surface area contributed by atoms with E-state index in [0.717, 1.165) is 57.8 Å². The smallest absolute Gasteiger partial charge is 0.305 e. The molecule has 1 aliphatic carbocycles. The van der Waals surface area contributed by atoms with Gasteiger partial charge in [-0.1, -0.05) is 39.0 Å². The number of hydrogen-bond acceptors (Lipinski definition) is 6. The molecular formula is C23H43O6P. The average molecular weight is 447 g/mol. The second-order valence-electron chi connectivity index (χ2n) is 8.94. The quantitative estimate of drug-likeness (QED) is 0.222. The Morgan fingerprint density at radius 3 is 2.43 bits per heavy atom. The molecule has 0 bridgehead atoms. The molecule has 2 aliphatic rings. The van der Waals surface area contributed by atoms with Gasteiger partial charge in [-0.2, -0.15) is 0 Å². The zero-order valence-electron chi connectivity index (χ0n) is 19.0. The van der Waals surface area contributed by atoms with Crippen LogP contribution in [0.15, 0.2) is 0 Å². The van der Waals surface area contributed by atoms with Crippen LogP contribution in [0.25, 0.3) is 0 Å². The molecule has 5 atom stereocenters. The van der Waals surface area contributed by atoms with E-state index in [-0.39, 0.29) is 24.1 Å². The van der Waals surface area contributed by atoms with E-state index in [4.69, 9.17) is 18.7 Å². The molecule has 176 valence electrons. The monoisotopic (exact) mass is 446 g/mol. The van der Waals surface area contributed by atoms with Crippen LogP contribution in [-0.2, 0) is 23.5 Å². The Balaban J connectivity index is 1.82. The fraction of sp³-hybridized carbons (Fsp3) is 0.957. The molecule has 0 radical (unpaired) electrons. The molecule has 4 unspecified atom stereocenters. The minimum Gasteiger partial charge on any atom is -0.469 e. The van der Waals surface area contributed by atoms with Crippen molar-refractivity contribution in [2.45, 2.75) is 108 Å². The number of aliphatic hydroxyl groups excluding tert-OH is 1. The first-order valence-corrected chi connectivity index (χ1v) is 12.4. The first-order chi connectivity index (χ1) is 14.5. The van der Waals surface area contributed by atoms with E-state index in [0.29, 0.717) is 32.0 Å². The lowest BCUT2D eigenvalue weighted by molar-refractivity contribution is -0.171. The van der Waals surface area contributed by atoms with Gasteiger partial charge in [-0.15, -0.1) is 0 Å². The van der Waals surface area contributed by atoms with Crippen molar-refractivity contribution < 1.29 is 28.6 Å². The molecule has 6 nitrogen and oxygen atoms in total. The van der Waals surface area contributed by atoms with Gasteiger partial charge < -0.3 is 23.8 Å². The van der Waals surface area contributed by atoms with E-state index in [2.05, 4.69) is 16.4 Å². The molecule has 1 saturated heterocycles. The minimum atomic E-state index is -0.438. The van der Waals surface area contributed by atoms with Gasteiger partial charge in [0.05, 0.1) is 32.5 Å². The van der Waals surface area contributed by atoms with Crippen molar-refractivity contribution in [3.05, 3.63) is 0 Å². The Labute approximate surface area is 185 Å². The van der Waals surface area contributed by atoms with Crippen LogP contribution in [0.1, 0.15) is 90.4 Å². The SMILES string of the molecule is CCCCCC1(CC[C@H]2C(OP)CC(O)C2CCCCCCC(=O)OC)OCCO1. The zero-order valence-corrected chi connectivity index (χ0v) is 20.1. The summed E-state index contributed by atoms with van der Waals surface area (Å²) in [5, 5.41) is 10.7.